The summed E-state index contributed by atoms with van der Waals surface area (Å²) in [6, 6.07) is 14.1. The van der Waals surface area contributed by atoms with Gasteiger partial charge in [0.2, 0.25) is 0 Å². The first-order chi connectivity index (χ1) is 16.8. The van der Waals surface area contributed by atoms with Gasteiger partial charge in [0.1, 0.15) is 11.6 Å². The van der Waals surface area contributed by atoms with E-state index >= 15 is 0 Å². The molecule has 0 N–H and O–H groups in total. The molecular formula is C25H23FN6O2S. The number of anilines is 1. The van der Waals surface area contributed by atoms with Crippen molar-refractivity contribution in [1.29, 1.82) is 0 Å². The number of amides is 2. The minimum atomic E-state index is -0.397. The van der Waals surface area contributed by atoms with Crippen molar-refractivity contribution in [3.8, 4) is 10.8 Å². The van der Waals surface area contributed by atoms with E-state index in [-0.39, 0.29) is 11.8 Å². The van der Waals surface area contributed by atoms with Crippen molar-refractivity contribution in [3.05, 3.63) is 83.1 Å². The number of rotatable bonds is 4. The fourth-order valence-electron chi connectivity index (χ4n) is 4.34. The van der Waals surface area contributed by atoms with Crippen molar-refractivity contribution in [1.82, 2.24) is 23.8 Å². The van der Waals surface area contributed by atoms with Crippen LogP contribution in [0.15, 0.2) is 54.6 Å². The van der Waals surface area contributed by atoms with Gasteiger partial charge in [-0.25, -0.2) is 14.4 Å². The Bertz CT molecular complexity index is 1400. The van der Waals surface area contributed by atoms with Gasteiger partial charge in [-0.3, -0.25) is 14.5 Å². The summed E-state index contributed by atoms with van der Waals surface area (Å²) in [5.41, 5.74) is 1.68. The third kappa shape index (κ3) is 4.10. The molecule has 1 atom stereocenters. The average molecular weight is 491 g/mol. The first-order valence-electron chi connectivity index (χ1n) is 11.2. The highest BCUT2D eigenvalue weighted by molar-refractivity contribution is 7.09. The van der Waals surface area contributed by atoms with Crippen LogP contribution in [0.25, 0.3) is 10.8 Å². The lowest BCUT2D eigenvalue weighted by molar-refractivity contribution is 0.0645. The molecule has 0 fully saturated rings. The van der Waals surface area contributed by atoms with Crippen LogP contribution < -0.4 is 4.90 Å². The maximum Gasteiger partial charge on any atom is 0.259 e. The highest BCUT2D eigenvalue weighted by Gasteiger charge is 2.36. The number of benzene rings is 2. The Morgan fingerprint density at radius 3 is 2.40 bits per heavy atom. The van der Waals surface area contributed by atoms with Crippen molar-refractivity contribution >= 4 is 29.2 Å². The predicted molar refractivity (Wildman–Crippen MR) is 131 cm³/mol. The molecule has 0 unspecified atom stereocenters. The molecule has 10 heteroatoms. The van der Waals surface area contributed by atoms with E-state index in [1.165, 1.54) is 40.7 Å². The Kier molecular flexibility index (Phi) is 5.89. The lowest BCUT2D eigenvalue weighted by Gasteiger charge is -2.36. The minimum absolute atomic E-state index is 0.207. The van der Waals surface area contributed by atoms with Crippen LogP contribution in [0.4, 0.5) is 10.2 Å². The van der Waals surface area contributed by atoms with Gasteiger partial charge in [0.25, 0.3) is 11.8 Å². The smallest absolute Gasteiger partial charge is 0.259 e. The number of nitrogens with zero attached hydrogens (tertiary/aromatic N) is 6. The number of fused-ring (bicyclic) bond motifs is 1. The zero-order valence-electron chi connectivity index (χ0n) is 19.5. The number of hydrogen-bond donors (Lipinski definition) is 0. The standard InChI is InChI=1S/C25H23FN6O2S/c1-15-20-21(30(3)24(33)17-7-5-4-6-8-17)28-22(23-27-16(2)29-35-23)32(20)14-13-31(15)25(34)18-9-11-19(26)12-10-18/h4-12,15H,13-14H2,1-3H3/t15-/m1/s1. The van der Waals surface area contributed by atoms with Gasteiger partial charge in [0, 0.05) is 31.3 Å². The molecule has 3 heterocycles. The van der Waals surface area contributed by atoms with Gasteiger partial charge >= 0.3 is 0 Å². The van der Waals surface area contributed by atoms with Gasteiger partial charge in [-0.1, -0.05) is 18.2 Å². The summed E-state index contributed by atoms with van der Waals surface area (Å²) >= 11 is 1.25. The van der Waals surface area contributed by atoms with Crippen LogP contribution in [-0.4, -0.2) is 49.2 Å². The molecule has 178 valence electrons. The Morgan fingerprint density at radius 1 is 1.03 bits per heavy atom. The highest BCUT2D eigenvalue weighted by atomic mass is 32.1. The normalized spacial score (nSPS) is 15.1. The van der Waals surface area contributed by atoms with Gasteiger partial charge in [0.15, 0.2) is 16.6 Å². The fourth-order valence-corrected chi connectivity index (χ4v) is 5.01. The SMILES string of the molecule is Cc1nsc(-c2nc(N(C)C(=O)c3ccccc3)c3n2CCN(C(=O)c2ccc(F)cc2)[C@@H]3C)n1. The first-order valence-corrected chi connectivity index (χ1v) is 11.9. The van der Waals surface area contributed by atoms with Crippen LogP contribution in [0.3, 0.4) is 0 Å². The summed E-state index contributed by atoms with van der Waals surface area (Å²) in [5.74, 6) is 0.919. The summed E-state index contributed by atoms with van der Waals surface area (Å²) in [6.45, 7) is 4.63. The molecule has 35 heavy (non-hydrogen) atoms. The van der Waals surface area contributed by atoms with Crippen molar-refractivity contribution < 1.29 is 14.0 Å². The van der Waals surface area contributed by atoms with E-state index in [0.717, 1.165) is 5.69 Å². The van der Waals surface area contributed by atoms with Crippen LogP contribution in [0.5, 0.6) is 0 Å². The van der Waals surface area contributed by atoms with Crippen molar-refractivity contribution in [3.63, 3.8) is 0 Å². The molecule has 1 aliphatic heterocycles. The van der Waals surface area contributed by atoms with Gasteiger partial charge in [0.05, 0.1) is 11.7 Å². The van der Waals surface area contributed by atoms with E-state index in [1.54, 1.807) is 24.1 Å². The highest BCUT2D eigenvalue weighted by Crippen LogP contribution is 2.38. The van der Waals surface area contributed by atoms with Gasteiger partial charge in [-0.15, -0.1) is 0 Å². The Balaban J connectivity index is 1.58. The van der Waals surface area contributed by atoms with Crippen molar-refractivity contribution in [2.24, 2.45) is 0 Å². The van der Waals surface area contributed by atoms with Gasteiger partial charge < -0.3 is 9.47 Å². The van der Waals surface area contributed by atoms with E-state index < -0.39 is 11.9 Å². The molecule has 2 amide bonds. The van der Waals surface area contributed by atoms with Crippen LogP contribution in [0.2, 0.25) is 0 Å². The molecule has 8 nitrogen and oxygen atoms in total. The summed E-state index contributed by atoms with van der Waals surface area (Å²) in [7, 11) is 1.68. The molecule has 0 bridgehead atoms. The molecule has 0 radical (unpaired) electrons. The van der Waals surface area contributed by atoms with E-state index in [4.69, 9.17) is 4.98 Å². The molecule has 1 aliphatic rings. The summed E-state index contributed by atoms with van der Waals surface area (Å²) in [6.07, 6.45) is 0. The largest absolute Gasteiger partial charge is 0.328 e. The lowest BCUT2D eigenvalue weighted by Crippen LogP contribution is -2.42. The maximum atomic E-state index is 13.4. The number of aromatic nitrogens is 4. The summed E-state index contributed by atoms with van der Waals surface area (Å²) < 4.78 is 19.7. The second-order valence-corrected chi connectivity index (χ2v) is 9.11. The molecule has 2 aromatic carbocycles. The van der Waals surface area contributed by atoms with E-state index in [1.807, 2.05) is 36.6 Å². The number of hydrogen-bond acceptors (Lipinski definition) is 6. The lowest BCUT2D eigenvalue weighted by atomic mass is 10.1. The molecule has 0 saturated heterocycles. The molecular weight excluding hydrogens is 467 g/mol. The Hall–Kier alpha value is -3.92. The minimum Gasteiger partial charge on any atom is -0.328 e. The number of imidazole rings is 1. The number of carbonyl (C=O) groups is 2. The zero-order valence-corrected chi connectivity index (χ0v) is 20.3. The molecule has 4 aromatic rings. The fraction of sp³-hybridized carbons (Fsp3) is 0.240. The third-order valence-corrected chi connectivity index (χ3v) is 6.93. The van der Waals surface area contributed by atoms with Gasteiger partial charge in [-0.05, 0) is 61.8 Å². The quantitative estimate of drug-likeness (QED) is 0.425. The molecule has 0 spiro atoms. The number of aryl methyl sites for hydroxylation is 1. The van der Waals surface area contributed by atoms with Crippen molar-refractivity contribution in [2.75, 3.05) is 18.5 Å². The Labute approximate surface area is 205 Å². The maximum absolute atomic E-state index is 13.4. The second-order valence-electron chi connectivity index (χ2n) is 8.35. The topological polar surface area (TPSA) is 84.2 Å². The van der Waals surface area contributed by atoms with E-state index in [0.29, 0.717) is 46.7 Å². The zero-order chi connectivity index (χ0) is 24.7. The number of carbonyl (C=O) groups excluding carboxylic acids is 2. The van der Waals surface area contributed by atoms with Crippen LogP contribution >= 0.6 is 11.5 Å². The Morgan fingerprint density at radius 2 is 1.74 bits per heavy atom. The first kappa shape index (κ1) is 22.9. The van der Waals surface area contributed by atoms with E-state index in [9.17, 15) is 14.0 Å². The number of halogens is 1. The summed E-state index contributed by atoms with van der Waals surface area (Å²) in [4.78, 5) is 39.2. The third-order valence-electron chi connectivity index (χ3n) is 6.13. The summed E-state index contributed by atoms with van der Waals surface area (Å²) in [5, 5.41) is 0.654. The predicted octanol–water partition coefficient (Wildman–Crippen LogP) is 4.34. The van der Waals surface area contributed by atoms with E-state index in [2.05, 4.69) is 9.36 Å². The average Bonchev–Trinajstić information content (AvgIpc) is 3.48. The monoisotopic (exact) mass is 490 g/mol. The molecule has 2 aromatic heterocycles. The van der Waals surface area contributed by atoms with Crippen LogP contribution in [0.1, 0.15) is 45.2 Å². The van der Waals surface area contributed by atoms with Crippen molar-refractivity contribution in [2.45, 2.75) is 26.4 Å². The van der Waals surface area contributed by atoms with Gasteiger partial charge in [-0.2, -0.15) is 4.37 Å². The molecule has 5 rings (SSSR count). The second kappa shape index (κ2) is 9.03. The van der Waals surface area contributed by atoms with Crippen LogP contribution in [-0.2, 0) is 6.54 Å². The molecule has 0 saturated carbocycles. The van der Waals surface area contributed by atoms with Crippen LogP contribution in [0, 0.1) is 12.7 Å². The molecule has 0 aliphatic carbocycles.